The average Bonchev–Trinajstić information content (AvgIpc) is 3.00. The molecule has 0 fully saturated rings. The predicted octanol–water partition coefficient (Wildman–Crippen LogP) is 3.06. The number of carbonyl (C=O) groups is 2. The first-order valence-electron chi connectivity index (χ1n) is 6.58. The highest BCUT2D eigenvalue weighted by atomic mass is 16.3. The van der Waals surface area contributed by atoms with Crippen LogP contribution in [0.3, 0.4) is 0 Å². The minimum absolute atomic E-state index is 0.0604. The predicted molar refractivity (Wildman–Crippen MR) is 75.9 cm³/mol. The van der Waals surface area contributed by atoms with Gasteiger partial charge in [0.2, 0.25) is 5.91 Å². The number of aldehydes is 1. The largest absolute Gasteiger partial charge is 0.453 e. The first-order chi connectivity index (χ1) is 9.60. The highest BCUT2D eigenvalue weighted by Gasteiger charge is 2.29. The van der Waals surface area contributed by atoms with Crippen LogP contribution in [0.2, 0.25) is 0 Å². The van der Waals surface area contributed by atoms with Gasteiger partial charge in [-0.15, -0.1) is 0 Å². The molecule has 1 unspecified atom stereocenters. The number of nitrogens with zero attached hydrogens (tertiary/aromatic N) is 1. The molecule has 0 saturated heterocycles. The number of amides is 1. The molecule has 4 nitrogen and oxygen atoms in total. The number of fused-ring (bicyclic) bond motifs is 1. The number of rotatable bonds is 2. The zero-order valence-corrected chi connectivity index (χ0v) is 11.4. The average molecular weight is 269 g/mol. The molecule has 1 aromatic heterocycles. The second-order valence-electron chi connectivity index (χ2n) is 5.11. The molecule has 1 aliphatic rings. The summed E-state index contributed by atoms with van der Waals surface area (Å²) in [6.45, 7) is 3.63. The molecule has 0 aliphatic carbocycles. The van der Waals surface area contributed by atoms with E-state index in [4.69, 9.17) is 4.42 Å². The van der Waals surface area contributed by atoms with Crippen LogP contribution in [0.25, 0.3) is 11.3 Å². The molecule has 0 radical (unpaired) electrons. The number of carbonyl (C=O) groups excluding carboxylic acids is 2. The van der Waals surface area contributed by atoms with E-state index in [1.807, 2.05) is 30.0 Å². The second kappa shape index (κ2) is 4.63. The summed E-state index contributed by atoms with van der Waals surface area (Å²) in [7, 11) is 0. The number of hydrogen-bond acceptors (Lipinski definition) is 3. The number of benzene rings is 1. The van der Waals surface area contributed by atoms with Crippen molar-refractivity contribution < 1.29 is 14.0 Å². The lowest BCUT2D eigenvalue weighted by atomic mass is 10.1. The number of hydrogen-bond donors (Lipinski definition) is 0. The molecule has 1 aliphatic heterocycles. The molecular formula is C16H15NO3. The van der Waals surface area contributed by atoms with E-state index in [0.717, 1.165) is 23.2 Å². The van der Waals surface area contributed by atoms with Gasteiger partial charge in [0.25, 0.3) is 0 Å². The summed E-state index contributed by atoms with van der Waals surface area (Å²) >= 11 is 0. The van der Waals surface area contributed by atoms with Crippen LogP contribution in [0.1, 0.15) is 30.0 Å². The Labute approximate surface area is 117 Å². The van der Waals surface area contributed by atoms with E-state index < -0.39 is 0 Å². The second-order valence-corrected chi connectivity index (χ2v) is 5.11. The van der Waals surface area contributed by atoms with Gasteiger partial charge in [0.1, 0.15) is 5.76 Å². The van der Waals surface area contributed by atoms with E-state index in [2.05, 4.69) is 0 Å². The van der Waals surface area contributed by atoms with Crippen molar-refractivity contribution in [2.75, 3.05) is 4.90 Å². The van der Waals surface area contributed by atoms with Crippen molar-refractivity contribution in [1.29, 1.82) is 0 Å². The maximum atomic E-state index is 11.7. The summed E-state index contributed by atoms with van der Waals surface area (Å²) in [4.78, 5) is 24.2. The van der Waals surface area contributed by atoms with E-state index in [0.29, 0.717) is 17.8 Å². The van der Waals surface area contributed by atoms with Crippen molar-refractivity contribution in [3.8, 4) is 11.3 Å². The molecular weight excluding hydrogens is 254 g/mol. The van der Waals surface area contributed by atoms with E-state index in [-0.39, 0.29) is 11.9 Å². The zero-order valence-electron chi connectivity index (χ0n) is 11.4. The third kappa shape index (κ3) is 1.93. The van der Waals surface area contributed by atoms with Gasteiger partial charge >= 0.3 is 0 Å². The topological polar surface area (TPSA) is 50.5 Å². The smallest absolute Gasteiger partial charge is 0.224 e. The SMILES string of the molecule is CC(=O)N1c2ccc(-c3ccc(C=O)o3)cc2CC1C. The molecule has 0 bridgehead atoms. The van der Waals surface area contributed by atoms with Crippen LogP contribution < -0.4 is 4.90 Å². The van der Waals surface area contributed by atoms with Crippen molar-refractivity contribution >= 4 is 17.9 Å². The van der Waals surface area contributed by atoms with E-state index in [9.17, 15) is 9.59 Å². The Morgan fingerprint density at radius 1 is 1.35 bits per heavy atom. The van der Waals surface area contributed by atoms with Crippen molar-refractivity contribution in [3.63, 3.8) is 0 Å². The van der Waals surface area contributed by atoms with Crippen molar-refractivity contribution in [3.05, 3.63) is 41.7 Å². The minimum atomic E-state index is 0.0604. The van der Waals surface area contributed by atoms with E-state index >= 15 is 0 Å². The molecule has 0 N–H and O–H groups in total. The maximum absolute atomic E-state index is 11.7. The number of anilines is 1. The van der Waals surface area contributed by atoms with Crippen LogP contribution in [0.4, 0.5) is 5.69 Å². The third-order valence-electron chi connectivity index (χ3n) is 3.66. The Balaban J connectivity index is 2.01. The lowest BCUT2D eigenvalue weighted by molar-refractivity contribution is -0.116. The van der Waals surface area contributed by atoms with Gasteiger partial charge in [-0.1, -0.05) is 0 Å². The summed E-state index contributed by atoms with van der Waals surface area (Å²) in [6, 6.07) is 9.51. The monoisotopic (exact) mass is 269 g/mol. The normalized spacial score (nSPS) is 17.1. The van der Waals surface area contributed by atoms with Crippen molar-refractivity contribution in [2.45, 2.75) is 26.3 Å². The Kier molecular flexibility index (Phi) is 2.93. The lowest BCUT2D eigenvalue weighted by Gasteiger charge is -2.20. The zero-order chi connectivity index (χ0) is 14.3. The van der Waals surface area contributed by atoms with Crippen LogP contribution in [0, 0.1) is 0 Å². The van der Waals surface area contributed by atoms with Crippen molar-refractivity contribution in [2.24, 2.45) is 0 Å². The van der Waals surface area contributed by atoms with E-state index in [1.54, 1.807) is 19.1 Å². The molecule has 2 heterocycles. The molecule has 102 valence electrons. The summed E-state index contributed by atoms with van der Waals surface area (Å²) < 4.78 is 5.43. The quantitative estimate of drug-likeness (QED) is 0.787. The molecule has 0 saturated carbocycles. The highest BCUT2D eigenvalue weighted by molar-refractivity contribution is 5.95. The summed E-state index contributed by atoms with van der Waals surface area (Å²) in [5.74, 6) is 1.05. The first kappa shape index (κ1) is 12.7. The van der Waals surface area contributed by atoms with Gasteiger partial charge in [0.15, 0.2) is 12.0 Å². The number of furan rings is 1. The van der Waals surface area contributed by atoms with E-state index in [1.165, 1.54) is 0 Å². The Hall–Kier alpha value is -2.36. The molecule has 1 atom stereocenters. The Bertz CT molecular complexity index is 687. The fraction of sp³-hybridized carbons (Fsp3) is 0.250. The van der Waals surface area contributed by atoms with Crippen LogP contribution in [-0.2, 0) is 11.2 Å². The highest BCUT2D eigenvalue weighted by Crippen LogP contribution is 2.35. The van der Waals surface area contributed by atoms with Gasteiger partial charge in [-0.2, -0.15) is 0 Å². The van der Waals surface area contributed by atoms with Crippen LogP contribution >= 0.6 is 0 Å². The lowest BCUT2D eigenvalue weighted by Crippen LogP contribution is -2.33. The molecule has 20 heavy (non-hydrogen) atoms. The Morgan fingerprint density at radius 2 is 2.15 bits per heavy atom. The first-order valence-corrected chi connectivity index (χ1v) is 6.58. The maximum Gasteiger partial charge on any atom is 0.224 e. The van der Waals surface area contributed by atoms with Gasteiger partial charge in [0, 0.05) is 24.2 Å². The molecule has 3 rings (SSSR count). The molecule has 4 heteroatoms. The van der Waals surface area contributed by atoms with Crippen LogP contribution in [-0.4, -0.2) is 18.2 Å². The fourth-order valence-electron chi connectivity index (χ4n) is 2.84. The van der Waals surface area contributed by atoms with Crippen molar-refractivity contribution in [1.82, 2.24) is 0 Å². The van der Waals surface area contributed by atoms with Crippen LogP contribution in [0.5, 0.6) is 0 Å². The summed E-state index contributed by atoms with van der Waals surface area (Å²) in [5.41, 5.74) is 3.03. The van der Waals surface area contributed by atoms with Gasteiger partial charge in [-0.05, 0) is 49.2 Å². The molecule has 0 spiro atoms. The summed E-state index contributed by atoms with van der Waals surface area (Å²) in [6.07, 6.45) is 1.53. The van der Waals surface area contributed by atoms with Gasteiger partial charge in [0.05, 0.1) is 0 Å². The molecule has 2 aromatic rings. The standard InChI is InChI=1S/C16H15NO3/c1-10-7-13-8-12(16-6-4-14(9-18)20-16)3-5-15(13)17(10)11(2)19/h3-6,8-10H,7H2,1-2H3. The molecule has 1 amide bonds. The third-order valence-corrected chi connectivity index (χ3v) is 3.66. The fourth-order valence-corrected chi connectivity index (χ4v) is 2.84. The minimum Gasteiger partial charge on any atom is -0.453 e. The summed E-state index contributed by atoms with van der Waals surface area (Å²) in [5, 5.41) is 0. The Morgan fingerprint density at radius 3 is 2.80 bits per heavy atom. The van der Waals surface area contributed by atoms with Gasteiger partial charge in [-0.25, -0.2) is 0 Å². The van der Waals surface area contributed by atoms with Gasteiger partial charge < -0.3 is 9.32 Å². The molecule has 1 aromatic carbocycles. The van der Waals surface area contributed by atoms with Crippen LogP contribution in [0.15, 0.2) is 34.7 Å². The van der Waals surface area contributed by atoms with Gasteiger partial charge in [-0.3, -0.25) is 9.59 Å².